The van der Waals surface area contributed by atoms with Gasteiger partial charge in [0, 0.05) is 31.8 Å². The summed E-state index contributed by atoms with van der Waals surface area (Å²) in [6.07, 6.45) is 56.3. The number of allylic oxidation sites excluding steroid dienone is 8. The van der Waals surface area contributed by atoms with Crippen LogP contribution in [0.5, 0.6) is 0 Å². The van der Waals surface area contributed by atoms with E-state index in [-0.39, 0.29) is 44.4 Å². The first kappa shape index (κ1) is 66.6. The lowest BCUT2D eigenvalue weighted by Crippen LogP contribution is -2.39. The van der Waals surface area contributed by atoms with Gasteiger partial charge in [-0.05, 0) is 123 Å². The predicted octanol–water partition coefficient (Wildman–Crippen LogP) is 16.9. The van der Waals surface area contributed by atoms with Gasteiger partial charge in [-0.2, -0.15) is 0 Å². The number of unbranched alkanes of at least 4 members (excludes halogenated alkanes) is 25. The molecular formula is C62H110N2O8. The summed E-state index contributed by atoms with van der Waals surface area (Å²) in [5.41, 5.74) is 0. The van der Waals surface area contributed by atoms with E-state index in [4.69, 9.17) is 18.9 Å². The monoisotopic (exact) mass is 1010 g/mol. The average molecular weight is 1010 g/mol. The van der Waals surface area contributed by atoms with E-state index >= 15 is 0 Å². The van der Waals surface area contributed by atoms with Gasteiger partial charge in [0.05, 0.1) is 0 Å². The predicted molar refractivity (Wildman–Crippen MR) is 300 cm³/mol. The van der Waals surface area contributed by atoms with Crippen LogP contribution in [0, 0.1) is 0 Å². The third kappa shape index (κ3) is 44.1. The molecule has 416 valence electrons. The Hall–Kier alpha value is -3.40. The van der Waals surface area contributed by atoms with Gasteiger partial charge in [-0.25, -0.2) is 4.79 Å². The van der Waals surface area contributed by atoms with Gasteiger partial charge in [-0.3, -0.25) is 14.4 Å². The van der Waals surface area contributed by atoms with Gasteiger partial charge in [0.1, 0.15) is 19.3 Å². The minimum absolute atomic E-state index is 0.0252. The van der Waals surface area contributed by atoms with Crippen molar-refractivity contribution >= 4 is 24.0 Å². The number of likely N-dealkylation sites (tertiary alicyclic amines) is 1. The molecule has 2 atom stereocenters. The molecule has 2 unspecified atom stereocenters. The number of hydrogen-bond donors (Lipinski definition) is 1. The fraction of sp³-hybridized carbons (Fsp3) is 0.806. The number of carbonyl (C=O) groups is 4. The summed E-state index contributed by atoms with van der Waals surface area (Å²) in [6, 6.07) is 0.300. The Labute approximate surface area is 442 Å². The van der Waals surface area contributed by atoms with Crippen molar-refractivity contribution in [2.75, 3.05) is 33.4 Å². The Morgan fingerprint density at radius 1 is 0.472 bits per heavy atom. The molecule has 0 aromatic rings. The van der Waals surface area contributed by atoms with Gasteiger partial charge in [0.15, 0.2) is 6.10 Å². The summed E-state index contributed by atoms with van der Waals surface area (Å²) in [4.78, 5) is 54.3. The average Bonchev–Trinajstić information content (AvgIpc) is 3.79. The maximum absolute atomic E-state index is 13.4. The lowest BCUT2D eigenvalue weighted by molar-refractivity contribution is -0.167. The number of esters is 3. The third-order valence-electron chi connectivity index (χ3n) is 13.8. The Morgan fingerprint density at radius 3 is 1.35 bits per heavy atom. The minimum atomic E-state index is -0.923. The lowest BCUT2D eigenvalue weighted by atomic mass is 10.0. The van der Waals surface area contributed by atoms with Crippen molar-refractivity contribution in [1.29, 1.82) is 0 Å². The van der Waals surface area contributed by atoms with Gasteiger partial charge in [0.25, 0.3) is 0 Å². The fourth-order valence-electron chi connectivity index (χ4n) is 9.07. The number of amides is 1. The highest BCUT2D eigenvalue weighted by atomic mass is 16.6. The number of carbonyl (C=O) groups excluding carboxylic acids is 4. The minimum Gasteiger partial charge on any atom is -0.462 e. The highest BCUT2D eigenvalue weighted by Crippen LogP contribution is 2.19. The van der Waals surface area contributed by atoms with Crippen LogP contribution in [0.3, 0.4) is 0 Å². The molecule has 1 heterocycles. The maximum atomic E-state index is 13.4. The molecule has 1 aliphatic rings. The van der Waals surface area contributed by atoms with E-state index in [0.29, 0.717) is 25.4 Å². The van der Waals surface area contributed by atoms with E-state index in [1.54, 1.807) is 0 Å². The largest absolute Gasteiger partial charge is 0.462 e. The standard InChI is InChI=1S/C62H110N2O8/c1-5-8-11-14-17-20-23-25-27-29-31-34-37-40-43-48-59(65)69-54-58(55-70-60(66)49-44-41-38-35-32-30-28-26-24-21-18-15-12-9-6-2)71-61(67)51-50-57(47-42-39-36-33-22-19-16-13-10-7-3)72-62(68)63-53-56-46-45-52-64(56)4/h17-18,20-21,25-28,56-58H,5-16,19,22-24,29-55H2,1-4H3,(H,63,68)/b20-17-,21-18-,27-25-,28-26-. The second kappa shape index (κ2) is 51.1. The van der Waals surface area contributed by atoms with Crippen LogP contribution in [0.2, 0.25) is 0 Å². The molecule has 1 aliphatic heterocycles. The van der Waals surface area contributed by atoms with Gasteiger partial charge >= 0.3 is 24.0 Å². The molecule has 72 heavy (non-hydrogen) atoms. The van der Waals surface area contributed by atoms with Gasteiger partial charge in [-0.1, -0.05) is 191 Å². The van der Waals surface area contributed by atoms with Crippen LogP contribution in [0.25, 0.3) is 0 Å². The highest BCUT2D eigenvalue weighted by Gasteiger charge is 2.24. The van der Waals surface area contributed by atoms with Crippen LogP contribution in [0.1, 0.15) is 271 Å². The molecule has 1 saturated heterocycles. The number of rotatable bonds is 50. The third-order valence-corrected chi connectivity index (χ3v) is 13.8. The Bertz CT molecular complexity index is 1350. The summed E-state index contributed by atoms with van der Waals surface area (Å²) in [6.45, 7) is 7.91. The molecule has 0 aromatic heterocycles. The van der Waals surface area contributed by atoms with E-state index in [1.807, 2.05) is 0 Å². The number of nitrogens with one attached hydrogen (secondary N) is 1. The van der Waals surface area contributed by atoms with Crippen molar-refractivity contribution in [3.8, 4) is 0 Å². The van der Waals surface area contributed by atoms with Crippen molar-refractivity contribution in [2.24, 2.45) is 0 Å². The molecule has 0 aromatic carbocycles. The summed E-state index contributed by atoms with van der Waals surface area (Å²) < 4.78 is 23.0. The summed E-state index contributed by atoms with van der Waals surface area (Å²) in [5.74, 6) is -1.20. The molecule has 1 N–H and O–H groups in total. The zero-order chi connectivity index (χ0) is 52.2. The van der Waals surface area contributed by atoms with Crippen LogP contribution in [-0.2, 0) is 33.3 Å². The van der Waals surface area contributed by atoms with E-state index in [9.17, 15) is 19.2 Å². The number of alkyl carbamates (subject to hydrolysis) is 1. The zero-order valence-electron chi connectivity index (χ0n) is 47.0. The fourth-order valence-corrected chi connectivity index (χ4v) is 9.07. The number of ether oxygens (including phenoxy) is 4. The molecule has 10 nitrogen and oxygen atoms in total. The molecule has 0 saturated carbocycles. The van der Waals surface area contributed by atoms with Crippen LogP contribution in [-0.4, -0.2) is 80.5 Å². The van der Waals surface area contributed by atoms with Crippen LogP contribution >= 0.6 is 0 Å². The molecule has 1 rings (SSSR count). The van der Waals surface area contributed by atoms with Crippen LogP contribution in [0.4, 0.5) is 4.79 Å². The first-order valence-electron chi connectivity index (χ1n) is 30.0. The van der Waals surface area contributed by atoms with Crippen molar-refractivity contribution in [2.45, 2.75) is 289 Å². The SMILES string of the molecule is CCCCC/C=C\C/C=C\CCCCCCCC(=O)OCC(COC(=O)CCCCCCC/C=C\C/C=C\CCCCC)OC(=O)CCC(CCCCCCCCCCCC)OC(=O)NCC1CCCN1C. The van der Waals surface area contributed by atoms with Gasteiger partial charge in [0.2, 0.25) is 0 Å². The molecular weight excluding hydrogens is 901 g/mol. The lowest BCUT2D eigenvalue weighted by Gasteiger charge is -2.22. The number of hydrogen-bond acceptors (Lipinski definition) is 9. The summed E-state index contributed by atoms with van der Waals surface area (Å²) >= 11 is 0. The molecule has 1 amide bonds. The van der Waals surface area contributed by atoms with Crippen LogP contribution < -0.4 is 5.32 Å². The quantitative estimate of drug-likeness (QED) is 0.0275. The maximum Gasteiger partial charge on any atom is 0.407 e. The molecule has 0 bridgehead atoms. The van der Waals surface area contributed by atoms with Crippen molar-refractivity contribution < 1.29 is 38.1 Å². The highest BCUT2D eigenvalue weighted by molar-refractivity contribution is 5.71. The Balaban J connectivity index is 2.64. The first-order valence-corrected chi connectivity index (χ1v) is 30.0. The van der Waals surface area contributed by atoms with E-state index in [0.717, 1.165) is 129 Å². The first-order chi connectivity index (χ1) is 35.3. The molecule has 0 aliphatic carbocycles. The Kier molecular flexibility index (Phi) is 47.3. The van der Waals surface area contributed by atoms with Gasteiger partial charge in [-0.15, -0.1) is 0 Å². The van der Waals surface area contributed by atoms with E-state index < -0.39 is 24.3 Å². The molecule has 10 heteroatoms. The summed E-state index contributed by atoms with van der Waals surface area (Å²) in [7, 11) is 2.08. The number of nitrogens with zero attached hydrogens (tertiary/aromatic N) is 1. The van der Waals surface area contributed by atoms with Crippen molar-refractivity contribution in [3.05, 3.63) is 48.6 Å². The van der Waals surface area contributed by atoms with Crippen molar-refractivity contribution in [3.63, 3.8) is 0 Å². The second-order valence-electron chi connectivity index (χ2n) is 20.6. The molecule has 0 spiro atoms. The zero-order valence-corrected chi connectivity index (χ0v) is 47.0. The number of likely N-dealkylation sites (N-methyl/N-ethyl adjacent to an activating group) is 1. The van der Waals surface area contributed by atoms with Crippen LogP contribution in [0.15, 0.2) is 48.6 Å². The summed E-state index contributed by atoms with van der Waals surface area (Å²) in [5, 5.41) is 2.96. The normalized spacial score (nSPS) is 14.7. The van der Waals surface area contributed by atoms with E-state index in [1.165, 1.54) is 96.3 Å². The van der Waals surface area contributed by atoms with Gasteiger partial charge < -0.3 is 29.2 Å². The Morgan fingerprint density at radius 2 is 0.889 bits per heavy atom. The molecule has 1 fully saturated rings. The second-order valence-corrected chi connectivity index (χ2v) is 20.6. The smallest absolute Gasteiger partial charge is 0.407 e. The van der Waals surface area contributed by atoms with E-state index in [2.05, 4.69) is 86.6 Å². The molecule has 0 radical (unpaired) electrons. The van der Waals surface area contributed by atoms with Crippen molar-refractivity contribution in [1.82, 2.24) is 10.2 Å². The topological polar surface area (TPSA) is 120 Å².